The summed E-state index contributed by atoms with van der Waals surface area (Å²) in [4.78, 5) is 27.5. The lowest BCUT2D eigenvalue weighted by molar-refractivity contribution is 0.100. The van der Waals surface area contributed by atoms with E-state index in [0.717, 1.165) is 0 Å². The summed E-state index contributed by atoms with van der Waals surface area (Å²) in [5.74, 6) is 0.287. The van der Waals surface area contributed by atoms with Crippen LogP contribution in [-0.4, -0.2) is 30.9 Å². The van der Waals surface area contributed by atoms with Crippen LogP contribution in [0.1, 0.15) is 27.8 Å². The van der Waals surface area contributed by atoms with E-state index in [1.165, 1.54) is 32.5 Å². The third-order valence-electron chi connectivity index (χ3n) is 2.73. The summed E-state index contributed by atoms with van der Waals surface area (Å²) in [7, 11) is 2.96. The molecular weight excluding hydrogens is 292 g/mol. The third-order valence-corrected chi connectivity index (χ3v) is 3.49. The van der Waals surface area contributed by atoms with E-state index in [1.54, 1.807) is 23.6 Å². The average molecular weight is 306 g/mol. The molecule has 2 rings (SSSR count). The van der Waals surface area contributed by atoms with Crippen LogP contribution in [0.15, 0.2) is 23.6 Å². The maximum Gasteiger partial charge on any atom is 0.261 e. The Morgan fingerprint density at radius 1 is 1.24 bits per heavy atom. The fourth-order valence-electron chi connectivity index (χ4n) is 1.72. The molecule has 1 aromatic heterocycles. The largest absolute Gasteiger partial charge is 0.493 e. The smallest absolute Gasteiger partial charge is 0.261 e. The van der Waals surface area contributed by atoms with Gasteiger partial charge in [0, 0.05) is 12.3 Å². The minimum absolute atomic E-state index is 0.147. The summed E-state index contributed by atoms with van der Waals surface area (Å²) in [5.41, 5.74) is 0.657. The Morgan fingerprint density at radius 2 is 2.00 bits per heavy atom. The lowest BCUT2D eigenvalue weighted by Crippen LogP contribution is -2.13. The maximum absolute atomic E-state index is 12.3. The Bertz CT molecular complexity index is 681. The second kappa shape index (κ2) is 6.36. The SMILES string of the molecule is COc1cccc(C(=O)Nc2nc(C(C)=O)cs2)c1OC. The molecule has 7 heteroatoms. The van der Waals surface area contributed by atoms with Gasteiger partial charge in [-0.1, -0.05) is 6.07 Å². The third kappa shape index (κ3) is 3.19. The predicted molar refractivity (Wildman–Crippen MR) is 79.6 cm³/mol. The number of ether oxygens (including phenoxy) is 2. The molecule has 21 heavy (non-hydrogen) atoms. The highest BCUT2D eigenvalue weighted by Gasteiger charge is 2.17. The number of benzene rings is 1. The van der Waals surface area contributed by atoms with Crippen molar-refractivity contribution in [2.45, 2.75) is 6.92 Å². The molecule has 0 saturated heterocycles. The molecule has 0 saturated carbocycles. The molecule has 0 radical (unpaired) electrons. The summed E-state index contributed by atoms with van der Waals surface area (Å²) >= 11 is 1.19. The van der Waals surface area contributed by atoms with Crippen LogP contribution in [0.4, 0.5) is 5.13 Å². The van der Waals surface area contributed by atoms with Crippen molar-refractivity contribution in [2.24, 2.45) is 0 Å². The summed E-state index contributed by atoms with van der Waals surface area (Å²) in [6.07, 6.45) is 0. The van der Waals surface area contributed by atoms with E-state index in [2.05, 4.69) is 10.3 Å². The fraction of sp³-hybridized carbons (Fsp3) is 0.214. The minimum Gasteiger partial charge on any atom is -0.493 e. The molecule has 0 fully saturated rings. The van der Waals surface area contributed by atoms with Crippen LogP contribution in [0.25, 0.3) is 0 Å². The first-order chi connectivity index (χ1) is 10.1. The van der Waals surface area contributed by atoms with E-state index in [9.17, 15) is 9.59 Å². The lowest BCUT2D eigenvalue weighted by atomic mass is 10.1. The Labute approximate surface area is 125 Å². The zero-order chi connectivity index (χ0) is 15.4. The van der Waals surface area contributed by atoms with Crippen LogP contribution in [0.3, 0.4) is 0 Å². The number of para-hydroxylation sites is 1. The number of carbonyl (C=O) groups is 2. The van der Waals surface area contributed by atoms with E-state index in [0.29, 0.717) is 27.9 Å². The first kappa shape index (κ1) is 15.0. The summed E-state index contributed by atoms with van der Waals surface area (Å²) < 4.78 is 10.4. The lowest BCUT2D eigenvalue weighted by Gasteiger charge is -2.11. The van der Waals surface area contributed by atoms with Crippen molar-refractivity contribution in [3.8, 4) is 11.5 Å². The highest BCUT2D eigenvalue weighted by atomic mass is 32.1. The van der Waals surface area contributed by atoms with Crippen molar-refractivity contribution in [3.63, 3.8) is 0 Å². The number of aromatic nitrogens is 1. The summed E-state index contributed by atoms with van der Waals surface area (Å²) in [6, 6.07) is 5.02. The molecule has 2 aromatic rings. The van der Waals surface area contributed by atoms with Gasteiger partial charge in [0.05, 0.1) is 19.8 Å². The number of carbonyl (C=O) groups excluding carboxylic acids is 2. The van der Waals surface area contributed by atoms with Crippen molar-refractivity contribution in [1.29, 1.82) is 0 Å². The molecular formula is C14H14N2O4S. The van der Waals surface area contributed by atoms with Gasteiger partial charge in [-0.2, -0.15) is 0 Å². The maximum atomic E-state index is 12.3. The molecule has 0 aliphatic carbocycles. The standard InChI is InChI=1S/C14H14N2O4S/c1-8(17)10-7-21-14(15-10)16-13(18)9-5-4-6-11(19-2)12(9)20-3/h4-7H,1-3H3,(H,15,16,18). The van der Waals surface area contributed by atoms with Crippen molar-refractivity contribution in [3.05, 3.63) is 34.8 Å². The van der Waals surface area contributed by atoms with Gasteiger partial charge in [-0.15, -0.1) is 11.3 Å². The number of nitrogens with zero attached hydrogens (tertiary/aromatic N) is 1. The first-order valence-corrected chi connectivity index (χ1v) is 6.93. The van der Waals surface area contributed by atoms with E-state index in [4.69, 9.17) is 9.47 Å². The molecule has 1 heterocycles. The number of hydrogen-bond donors (Lipinski definition) is 1. The van der Waals surface area contributed by atoms with Crippen molar-refractivity contribution in [1.82, 2.24) is 4.98 Å². The van der Waals surface area contributed by atoms with E-state index in [1.807, 2.05) is 0 Å². The molecule has 110 valence electrons. The van der Waals surface area contributed by atoms with Crippen molar-refractivity contribution < 1.29 is 19.1 Å². The van der Waals surface area contributed by atoms with Crippen LogP contribution in [-0.2, 0) is 0 Å². The molecule has 6 nitrogen and oxygen atoms in total. The van der Waals surface area contributed by atoms with Gasteiger partial charge < -0.3 is 9.47 Å². The van der Waals surface area contributed by atoms with Gasteiger partial charge in [0.25, 0.3) is 5.91 Å². The van der Waals surface area contributed by atoms with Gasteiger partial charge in [-0.25, -0.2) is 4.98 Å². The van der Waals surface area contributed by atoms with Crippen LogP contribution in [0.2, 0.25) is 0 Å². The first-order valence-electron chi connectivity index (χ1n) is 6.05. The zero-order valence-electron chi connectivity index (χ0n) is 11.8. The van der Waals surface area contributed by atoms with Gasteiger partial charge >= 0.3 is 0 Å². The summed E-state index contributed by atoms with van der Waals surface area (Å²) in [5, 5.41) is 4.59. The van der Waals surface area contributed by atoms with Crippen LogP contribution < -0.4 is 14.8 Å². The highest BCUT2D eigenvalue weighted by Crippen LogP contribution is 2.31. The normalized spacial score (nSPS) is 10.0. The molecule has 0 aliphatic rings. The van der Waals surface area contributed by atoms with Gasteiger partial charge in [0.1, 0.15) is 5.69 Å². The number of hydrogen-bond acceptors (Lipinski definition) is 6. The van der Waals surface area contributed by atoms with E-state index in [-0.39, 0.29) is 11.7 Å². The van der Waals surface area contributed by atoms with Crippen molar-refractivity contribution >= 4 is 28.2 Å². The molecule has 0 spiro atoms. The average Bonchev–Trinajstić information content (AvgIpc) is 2.94. The number of Topliss-reactive ketones (excluding diaryl/α,β-unsaturated/α-hetero) is 1. The number of nitrogens with one attached hydrogen (secondary N) is 1. The number of thiazole rings is 1. The minimum atomic E-state index is -0.379. The molecule has 1 N–H and O–H groups in total. The van der Waals surface area contributed by atoms with E-state index >= 15 is 0 Å². The Balaban J connectivity index is 2.25. The molecule has 0 atom stereocenters. The van der Waals surface area contributed by atoms with Gasteiger partial charge in [0.2, 0.25) is 0 Å². The second-order valence-corrected chi connectivity index (χ2v) is 4.95. The highest BCUT2D eigenvalue weighted by molar-refractivity contribution is 7.14. The molecule has 1 amide bonds. The molecule has 1 aromatic carbocycles. The van der Waals surface area contributed by atoms with Crippen molar-refractivity contribution in [2.75, 3.05) is 19.5 Å². The number of amides is 1. The van der Waals surface area contributed by atoms with Crippen LogP contribution >= 0.6 is 11.3 Å². The topological polar surface area (TPSA) is 77.5 Å². The number of rotatable bonds is 5. The molecule has 0 unspecified atom stereocenters. The monoisotopic (exact) mass is 306 g/mol. The van der Waals surface area contributed by atoms with E-state index < -0.39 is 0 Å². The number of anilines is 1. The number of ketones is 1. The second-order valence-electron chi connectivity index (χ2n) is 4.09. The van der Waals surface area contributed by atoms with Gasteiger partial charge in [-0.05, 0) is 12.1 Å². The fourth-order valence-corrected chi connectivity index (χ4v) is 2.47. The van der Waals surface area contributed by atoms with Crippen LogP contribution in [0.5, 0.6) is 11.5 Å². The summed E-state index contributed by atoms with van der Waals surface area (Å²) in [6.45, 7) is 1.42. The van der Waals surface area contributed by atoms with Gasteiger partial charge in [-0.3, -0.25) is 14.9 Å². The Morgan fingerprint density at radius 3 is 2.57 bits per heavy atom. The zero-order valence-corrected chi connectivity index (χ0v) is 12.6. The predicted octanol–water partition coefficient (Wildman–Crippen LogP) is 2.62. The Kier molecular flexibility index (Phi) is 4.54. The molecule has 0 bridgehead atoms. The van der Waals surface area contributed by atoms with Gasteiger partial charge in [0.15, 0.2) is 22.4 Å². The Hall–Kier alpha value is -2.41. The molecule has 0 aliphatic heterocycles. The number of methoxy groups -OCH3 is 2. The quantitative estimate of drug-likeness (QED) is 0.859. The van der Waals surface area contributed by atoms with Crippen LogP contribution in [0, 0.1) is 0 Å².